The van der Waals surface area contributed by atoms with Gasteiger partial charge in [0.25, 0.3) is 0 Å². The van der Waals surface area contributed by atoms with Crippen molar-refractivity contribution in [2.45, 2.75) is 12.3 Å². The predicted molar refractivity (Wildman–Crippen MR) is 77.8 cm³/mol. The van der Waals surface area contributed by atoms with Gasteiger partial charge in [0, 0.05) is 10.9 Å². The first-order valence-corrected chi connectivity index (χ1v) is 6.71. The largest absolute Gasteiger partial charge is 0.494 e. The van der Waals surface area contributed by atoms with Gasteiger partial charge in [-0.25, -0.2) is 0 Å². The second-order valence-corrected chi connectivity index (χ2v) is 4.82. The van der Waals surface area contributed by atoms with Crippen LogP contribution in [0.4, 0.5) is 0 Å². The first kappa shape index (κ1) is 13.9. The molecule has 0 fully saturated rings. The topological polar surface area (TPSA) is 29.5 Å². The molecule has 2 aromatic rings. The van der Waals surface area contributed by atoms with Crippen molar-refractivity contribution in [2.75, 3.05) is 13.2 Å². The van der Waals surface area contributed by atoms with Crippen molar-refractivity contribution in [2.24, 2.45) is 0 Å². The molecule has 19 heavy (non-hydrogen) atoms. The highest BCUT2D eigenvalue weighted by Gasteiger charge is 2.11. The van der Waals surface area contributed by atoms with E-state index < -0.39 is 0 Å². The van der Waals surface area contributed by atoms with E-state index >= 15 is 0 Å². The summed E-state index contributed by atoms with van der Waals surface area (Å²) in [4.78, 5) is 0. The Balaban J connectivity index is 1.89. The minimum absolute atomic E-state index is 0.0578. The smallest absolute Gasteiger partial charge is 0.119 e. The fraction of sp³-hybridized carbons (Fsp3) is 0.250. The highest BCUT2D eigenvalue weighted by molar-refractivity contribution is 6.30. The molecule has 0 aromatic heterocycles. The molecule has 0 saturated carbocycles. The van der Waals surface area contributed by atoms with Gasteiger partial charge in [0.1, 0.15) is 5.75 Å². The summed E-state index contributed by atoms with van der Waals surface area (Å²) < 4.78 is 5.65. The lowest BCUT2D eigenvalue weighted by Crippen LogP contribution is -2.09. The van der Waals surface area contributed by atoms with Gasteiger partial charge in [-0.3, -0.25) is 0 Å². The number of hydrogen-bond acceptors (Lipinski definition) is 2. The number of halogens is 1. The normalized spacial score (nSPS) is 12.1. The molecular formula is C16H17ClO2. The molecule has 3 heteroatoms. The second kappa shape index (κ2) is 7.17. The van der Waals surface area contributed by atoms with Gasteiger partial charge < -0.3 is 9.84 Å². The molecule has 1 N–H and O–H groups in total. The molecule has 0 saturated heterocycles. The Hall–Kier alpha value is -1.51. The zero-order chi connectivity index (χ0) is 13.5. The molecule has 0 amide bonds. The summed E-state index contributed by atoms with van der Waals surface area (Å²) in [6.45, 7) is 0.667. The predicted octanol–water partition coefficient (Wildman–Crippen LogP) is 3.89. The number of benzene rings is 2. The standard InChI is InChI=1S/C16H17ClO2/c17-15-6-4-5-13(11-15)14(12-18)9-10-19-16-7-2-1-3-8-16/h1-8,11,14,18H,9-10,12H2. The Labute approximate surface area is 118 Å². The van der Waals surface area contributed by atoms with E-state index in [2.05, 4.69) is 0 Å². The number of hydrogen-bond donors (Lipinski definition) is 1. The zero-order valence-corrected chi connectivity index (χ0v) is 11.4. The maximum atomic E-state index is 9.47. The number of ether oxygens (including phenoxy) is 1. The minimum atomic E-state index is 0.0578. The lowest BCUT2D eigenvalue weighted by Gasteiger charge is -2.15. The molecule has 1 atom stereocenters. The van der Waals surface area contributed by atoms with Crippen molar-refractivity contribution < 1.29 is 9.84 Å². The first-order valence-electron chi connectivity index (χ1n) is 6.34. The summed E-state index contributed by atoms with van der Waals surface area (Å²) in [6.07, 6.45) is 0.756. The van der Waals surface area contributed by atoms with Crippen LogP contribution in [0.2, 0.25) is 5.02 Å². The van der Waals surface area contributed by atoms with Gasteiger partial charge in [0.05, 0.1) is 13.2 Å². The van der Waals surface area contributed by atoms with Crippen LogP contribution in [0.15, 0.2) is 54.6 Å². The molecule has 2 nitrogen and oxygen atoms in total. The Morgan fingerprint density at radius 1 is 1.05 bits per heavy atom. The number of para-hydroxylation sites is 1. The molecule has 0 spiro atoms. The molecule has 2 aromatic carbocycles. The molecule has 0 radical (unpaired) electrons. The van der Waals surface area contributed by atoms with Gasteiger partial charge in [0.2, 0.25) is 0 Å². The Bertz CT molecular complexity index is 499. The van der Waals surface area contributed by atoms with Crippen LogP contribution in [0.25, 0.3) is 0 Å². The highest BCUT2D eigenvalue weighted by atomic mass is 35.5. The Kier molecular flexibility index (Phi) is 5.25. The summed E-state index contributed by atoms with van der Waals surface area (Å²) in [5.74, 6) is 0.910. The molecule has 0 bridgehead atoms. The van der Waals surface area contributed by atoms with Crippen LogP contribution in [0, 0.1) is 0 Å². The van der Waals surface area contributed by atoms with Crippen molar-refractivity contribution in [1.29, 1.82) is 0 Å². The van der Waals surface area contributed by atoms with Crippen LogP contribution in [0.5, 0.6) is 5.75 Å². The van der Waals surface area contributed by atoms with Crippen LogP contribution >= 0.6 is 11.6 Å². The number of aliphatic hydroxyl groups is 1. The average Bonchev–Trinajstić information content (AvgIpc) is 2.45. The van der Waals surface area contributed by atoms with E-state index in [1.165, 1.54) is 0 Å². The molecule has 0 aliphatic rings. The molecule has 0 aliphatic carbocycles. The lowest BCUT2D eigenvalue weighted by atomic mass is 9.97. The van der Waals surface area contributed by atoms with Crippen molar-refractivity contribution >= 4 is 11.6 Å². The van der Waals surface area contributed by atoms with E-state index in [1.807, 2.05) is 54.6 Å². The quantitative estimate of drug-likeness (QED) is 0.867. The Morgan fingerprint density at radius 2 is 1.84 bits per heavy atom. The third-order valence-corrected chi connectivity index (χ3v) is 3.25. The zero-order valence-electron chi connectivity index (χ0n) is 10.6. The van der Waals surface area contributed by atoms with E-state index in [9.17, 15) is 5.11 Å². The molecule has 100 valence electrons. The van der Waals surface area contributed by atoms with Crippen LogP contribution in [-0.2, 0) is 0 Å². The number of rotatable bonds is 6. The van der Waals surface area contributed by atoms with Crippen LogP contribution in [0.3, 0.4) is 0 Å². The van der Waals surface area contributed by atoms with E-state index in [4.69, 9.17) is 16.3 Å². The third-order valence-electron chi connectivity index (χ3n) is 3.02. The summed E-state index contributed by atoms with van der Waals surface area (Å²) in [5, 5.41) is 10.2. The SMILES string of the molecule is OCC(CCOc1ccccc1)c1cccc(Cl)c1. The van der Waals surface area contributed by atoms with Crippen molar-refractivity contribution in [1.82, 2.24) is 0 Å². The van der Waals surface area contributed by atoms with Gasteiger partial charge in [0.15, 0.2) is 0 Å². The van der Waals surface area contributed by atoms with Crippen molar-refractivity contribution in [3.05, 3.63) is 65.2 Å². The molecular weight excluding hydrogens is 260 g/mol. The lowest BCUT2D eigenvalue weighted by molar-refractivity contribution is 0.229. The van der Waals surface area contributed by atoms with Crippen molar-refractivity contribution in [3.8, 4) is 5.75 Å². The molecule has 2 rings (SSSR count). The third kappa shape index (κ3) is 4.27. The highest BCUT2D eigenvalue weighted by Crippen LogP contribution is 2.22. The summed E-state index contributed by atoms with van der Waals surface area (Å²) in [6, 6.07) is 17.3. The average molecular weight is 277 g/mol. The Morgan fingerprint density at radius 3 is 2.53 bits per heavy atom. The van der Waals surface area contributed by atoms with E-state index in [-0.39, 0.29) is 12.5 Å². The van der Waals surface area contributed by atoms with Crippen LogP contribution in [-0.4, -0.2) is 18.3 Å². The van der Waals surface area contributed by atoms with E-state index in [0.717, 1.165) is 17.7 Å². The molecule has 0 heterocycles. The van der Waals surface area contributed by atoms with Gasteiger partial charge in [-0.1, -0.05) is 41.9 Å². The van der Waals surface area contributed by atoms with Gasteiger partial charge in [-0.05, 0) is 36.2 Å². The fourth-order valence-corrected chi connectivity index (χ4v) is 2.16. The van der Waals surface area contributed by atoms with Gasteiger partial charge in [-0.15, -0.1) is 0 Å². The van der Waals surface area contributed by atoms with E-state index in [1.54, 1.807) is 0 Å². The fourth-order valence-electron chi connectivity index (χ4n) is 1.96. The van der Waals surface area contributed by atoms with Gasteiger partial charge >= 0.3 is 0 Å². The summed E-state index contributed by atoms with van der Waals surface area (Å²) >= 11 is 5.96. The molecule has 0 aliphatic heterocycles. The minimum Gasteiger partial charge on any atom is -0.494 e. The van der Waals surface area contributed by atoms with Gasteiger partial charge in [-0.2, -0.15) is 0 Å². The summed E-state index contributed by atoms with van der Waals surface area (Å²) in [7, 11) is 0. The molecule has 1 unspecified atom stereocenters. The maximum Gasteiger partial charge on any atom is 0.119 e. The first-order chi connectivity index (χ1) is 9.29. The van der Waals surface area contributed by atoms with Crippen molar-refractivity contribution in [3.63, 3.8) is 0 Å². The number of aliphatic hydroxyl groups excluding tert-OH is 1. The monoisotopic (exact) mass is 276 g/mol. The summed E-state index contributed by atoms with van der Waals surface area (Å²) in [5.41, 5.74) is 1.05. The van der Waals surface area contributed by atoms with Crippen LogP contribution < -0.4 is 4.74 Å². The second-order valence-electron chi connectivity index (χ2n) is 4.38. The van der Waals surface area contributed by atoms with E-state index in [0.29, 0.717) is 11.6 Å². The van der Waals surface area contributed by atoms with Crippen LogP contribution in [0.1, 0.15) is 17.9 Å². The maximum absolute atomic E-state index is 9.47.